The Bertz CT molecular complexity index is 781. The molecule has 3 rings (SSSR count). The molecule has 3 N–H and O–H groups in total. The van der Waals surface area contributed by atoms with Crippen molar-refractivity contribution < 1.29 is 14.0 Å². The van der Waals surface area contributed by atoms with Crippen LogP contribution >= 0.6 is 11.8 Å². The number of thioether (sulfide) groups is 1. The molecule has 1 aliphatic rings. The third-order valence-electron chi connectivity index (χ3n) is 3.95. The van der Waals surface area contributed by atoms with Crippen molar-refractivity contribution >= 4 is 29.3 Å². The van der Waals surface area contributed by atoms with Crippen LogP contribution in [-0.2, 0) is 9.59 Å². The maximum Gasteiger partial charge on any atom is 0.228 e. The zero-order chi connectivity index (χ0) is 17.1. The molecule has 0 saturated heterocycles. The van der Waals surface area contributed by atoms with Gasteiger partial charge in [0, 0.05) is 10.8 Å². The molecule has 0 heterocycles. The second-order valence-electron chi connectivity index (χ2n) is 5.71. The van der Waals surface area contributed by atoms with E-state index in [4.69, 9.17) is 5.73 Å². The fourth-order valence-corrected chi connectivity index (χ4v) is 3.42. The number of amides is 2. The van der Waals surface area contributed by atoms with Gasteiger partial charge in [-0.15, -0.1) is 11.8 Å². The van der Waals surface area contributed by atoms with E-state index in [2.05, 4.69) is 5.32 Å². The highest BCUT2D eigenvalue weighted by atomic mass is 32.2. The van der Waals surface area contributed by atoms with E-state index < -0.39 is 5.91 Å². The van der Waals surface area contributed by atoms with Gasteiger partial charge < -0.3 is 11.1 Å². The molecule has 4 nitrogen and oxygen atoms in total. The molecular weight excluding hydrogens is 327 g/mol. The molecule has 0 bridgehead atoms. The quantitative estimate of drug-likeness (QED) is 0.791. The van der Waals surface area contributed by atoms with Gasteiger partial charge in [0.05, 0.1) is 11.4 Å². The summed E-state index contributed by atoms with van der Waals surface area (Å²) in [5.74, 6) is -0.963. The Kier molecular flexibility index (Phi) is 4.85. The van der Waals surface area contributed by atoms with Gasteiger partial charge in [-0.3, -0.25) is 9.59 Å². The summed E-state index contributed by atoms with van der Waals surface area (Å²) in [4.78, 5) is 24.1. The predicted molar refractivity (Wildman–Crippen MR) is 92.2 cm³/mol. The third kappa shape index (κ3) is 3.76. The van der Waals surface area contributed by atoms with Crippen LogP contribution in [0.15, 0.2) is 53.4 Å². The van der Waals surface area contributed by atoms with Gasteiger partial charge in [0.25, 0.3) is 0 Å². The summed E-state index contributed by atoms with van der Waals surface area (Å²) in [5.41, 5.74) is 6.40. The molecule has 1 saturated carbocycles. The van der Waals surface area contributed by atoms with Crippen LogP contribution in [0, 0.1) is 11.7 Å². The smallest absolute Gasteiger partial charge is 0.228 e. The average Bonchev–Trinajstić information content (AvgIpc) is 3.35. The Hall–Kier alpha value is -2.34. The molecule has 1 aliphatic carbocycles. The maximum atomic E-state index is 13.8. The SMILES string of the molecule is NC(=O)CSc1ccccc1NC(=O)C1CC1c1ccccc1F. The predicted octanol–water partition coefficient (Wildman–Crippen LogP) is 3.15. The monoisotopic (exact) mass is 344 g/mol. The first kappa shape index (κ1) is 16.5. The highest BCUT2D eigenvalue weighted by Crippen LogP contribution is 2.48. The molecule has 0 aromatic heterocycles. The highest BCUT2D eigenvalue weighted by Gasteiger charge is 2.45. The minimum absolute atomic E-state index is 0.0726. The number of halogens is 1. The fourth-order valence-electron chi connectivity index (χ4n) is 2.67. The molecule has 2 aromatic carbocycles. The van der Waals surface area contributed by atoms with E-state index in [1.54, 1.807) is 24.3 Å². The lowest BCUT2D eigenvalue weighted by molar-refractivity contribution is -0.117. The zero-order valence-electron chi connectivity index (χ0n) is 12.9. The van der Waals surface area contributed by atoms with E-state index >= 15 is 0 Å². The Morgan fingerprint density at radius 2 is 1.88 bits per heavy atom. The maximum absolute atomic E-state index is 13.8. The highest BCUT2D eigenvalue weighted by molar-refractivity contribution is 8.00. The van der Waals surface area contributed by atoms with E-state index in [0.717, 1.165) is 4.90 Å². The van der Waals surface area contributed by atoms with E-state index in [0.29, 0.717) is 17.7 Å². The normalized spacial score (nSPS) is 18.9. The first-order chi connectivity index (χ1) is 11.6. The number of hydrogen-bond donors (Lipinski definition) is 2. The van der Waals surface area contributed by atoms with Crippen molar-refractivity contribution in [3.8, 4) is 0 Å². The van der Waals surface area contributed by atoms with Crippen LogP contribution in [0.25, 0.3) is 0 Å². The van der Waals surface area contributed by atoms with Gasteiger partial charge in [-0.2, -0.15) is 0 Å². The first-order valence-electron chi connectivity index (χ1n) is 7.61. The Labute approximate surface area is 143 Å². The fraction of sp³-hybridized carbons (Fsp3) is 0.222. The molecule has 0 radical (unpaired) electrons. The number of para-hydroxylation sites is 1. The molecule has 1 fully saturated rings. The van der Waals surface area contributed by atoms with Crippen LogP contribution in [0.2, 0.25) is 0 Å². The zero-order valence-corrected chi connectivity index (χ0v) is 13.7. The van der Waals surface area contributed by atoms with Crippen molar-refractivity contribution in [2.75, 3.05) is 11.1 Å². The molecule has 2 unspecified atom stereocenters. The molecule has 2 amide bonds. The summed E-state index contributed by atoms with van der Waals surface area (Å²) in [6, 6.07) is 13.8. The lowest BCUT2D eigenvalue weighted by atomic mass is 10.1. The third-order valence-corrected chi connectivity index (χ3v) is 5.04. The minimum Gasteiger partial charge on any atom is -0.369 e. The van der Waals surface area contributed by atoms with Gasteiger partial charge >= 0.3 is 0 Å². The average molecular weight is 344 g/mol. The Morgan fingerprint density at radius 3 is 2.62 bits per heavy atom. The number of nitrogens with two attached hydrogens (primary N) is 1. The second kappa shape index (κ2) is 7.05. The van der Waals surface area contributed by atoms with Crippen LogP contribution < -0.4 is 11.1 Å². The topological polar surface area (TPSA) is 72.2 Å². The van der Waals surface area contributed by atoms with Gasteiger partial charge in [-0.25, -0.2) is 4.39 Å². The Morgan fingerprint density at radius 1 is 1.17 bits per heavy atom. The Balaban J connectivity index is 1.66. The number of rotatable bonds is 6. The van der Waals surface area contributed by atoms with Crippen molar-refractivity contribution in [2.24, 2.45) is 11.7 Å². The summed E-state index contributed by atoms with van der Waals surface area (Å²) in [6.45, 7) is 0. The number of benzene rings is 2. The lowest BCUT2D eigenvalue weighted by Crippen LogP contribution is -2.16. The number of nitrogens with one attached hydrogen (secondary N) is 1. The molecule has 0 aliphatic heterocycles. The summed E-state index contributed by atoms with van der Waals surface area (Å²) in [6.07, 6.45) is 0.642. The van der Waals surface area contributed by atoms with Gasteiger partial charge in [0.2, 0.25) is 11.8 Å². The molecule has 0 spiro atoms. The van der Waals surface area contributed by atoms with E-state index in [1.807, 2.05) is 18.2 Å². The van der Waals surface area contributed by atoms with Gasteiger partial charge in [-0.1, -0.05) is 30.3 Å². The number of hydrogen-bond acceptors (Lipinski definition) is 3. The molecule has 6 heteroatoms. The van der Waals surface area contributed by atoms with Crippen molar-refractivity contribution in [3.05, 3.63) is 59.9 Å². The van der Waals surface area contributed by atoms with E-state index in [1.165, 1.54) is 17.8 Å². The van der Waals surface area contributed by atoms with Crippen molar-refractivity contribution in [3.63, 3.8) is 0 Å². The van der Waals surface area contributed by atoms with Gasteiger partial charge in [-0.05, 0) is 36.1 Å². The van der Waals surface area contributed by atoms with Crippen LogP contribution in [0.5, 0.6) is 0 Å². The standard InChI is InChI=1S/C18H17FN2O2S/c19-14-6-2-1-5-11(14)12-9-13(12)18(23)21-15-7-3-4-8-16(15)24-10-17(20)22/h1-8,12-13H,9-10H2,(H2,20,22)(H,21,23). The number of anilines is 1. The van der Waals surface area contributed by atoms with Gasteiger partial charge in [0.15, 0.2) is 0 Å². The van der Waals surface area contributed by atoms with E-state index in [-0.39, 0.29) is 29.3 Å². The summed E-state index contributed by atoms with van der Waals surface area (Å²) in [7, 11) is 0. The second-order valence-corrected chi connectivity index (χ2v) is 6.73. The molecule has 2 aromatic rings. The molecule has 2 atom stereocenters. The van der Waals surface area contributed by atoms with Crippen molar-refractivity contribution in [1.29, 1.82) is 0 Å². The first-order valence-corrected chi connectivity index (χ1v) is 8.60. The molecule has 24 heavy (non-hydrogen) atoms. The van der Waals surface area contributed by atoms with E-state index in [9.17, 15) is 14.0 Å². The number of primary amides is 1. The summed E-state index contributed by atoms with van der Waals surface area (Å²) in [5, 5.41) is 2.88. The summed E-state index contributed by atoms with van der Waals surface area (Å²) < 4.78 is 13.8. The number of carbonyl (C=O) groups is 2. The summed E-state index contributed by atoms with van der Waals surface area (Å²) >= 11 is 1.28. The lowest BCUT2D eigenvalue weighted by Gasteiger charge is -2.10. The van der Waals surface area contributed by atoms with Crippen molar-refractivity contribution in [2.45, 2.75) is 17.2 Å². The minimum atomic E-state index is -0.414. The number of carbonyl (C=O) groups excluding carboxylic acids is 2. The van der Waals surface area contributed by atoms with Crippen molar-refractivity contribution in [1.82, 2.24) is 0 Å². The van der Waals surface area contributed by atoms with Crippen LogP contribution in [0.1, 0.15) is 17.9 Å². The van der Waals surface area contributed by atoms with Gasteiger partial charge in [0.1, 0.15) is 5.82 Å². The molecule has 124 valence electrons. The van der Waals surface area contributed by atoms with Crippen LogP contribution in [0.4, 0.5) is 10.1 Å². The largest absolute Gasteiger partial charge is 0.369 e. The van der Waals surface area contributed by atoms with Crippen LogP contribution in [-0.4, -0.2) is 17.6 Å². The molecular formula is C18H17FN2O2S. The van der Waals surface area contributed by atoms with Crippen LogP contribution in [0.3, 0.4) is 0 Å².